The fourth-order valence-corrected chi connectivity index (χ4v) is 2.41. The topological polar surface area (TPSA) is 43.1 Å². The molecule has 2 N–H and O–H groups in total. The van der Waals surface area contributed by atoms with Crippen molar-refractivity contribution in [2.75, 3.05) is 0 Å². The molecule has 0 spiro atoms. The van der Waals surface area contributed by atoms with Gasteiger partial charge in [-0.2, -0.15) is 13.2 Å². The summed E-state index contributed by atoms with van der Waals surface area (Å²) in [5.41, 5.74) is 0.369. The van der Waals surface area contributed by atoms with Crippen LogP contribution in [0, 0.1) is 6.92 Å². The van der Waals surface area contributed by atoms with Crippen molar-refractivity contribution >= 4 is 11.0 Å². The largest absolute Gasteiger partial charge is 0.416 e. The van der Waals surface area contributed by atoms with Crippen molar-refractivity contribution in [3.63, 3.8) is 0 Å². The van der Waals surface area contributed by atoms with Gasteiger partial charge < -0.3 is 0 Å². The first kappa shape index (κ1) is 16.9. The predicted octanol–water partition coefficient (Wildman–Crippen LogP) is 3.68. The van der Waals surface area contributed by atoms with Crippen molar-refractivity contribution in [1.29, 1.82) is 0 Å². The molecule has 1 aromatic rings. The zero-order chi connectivity index (χ0) is 15.5. The molecule has 0 aliphatic heterocycles. The van der Waals surface area contributed by atoms with Gasteiger partial charge in [-0.05, 0) is 38.0 Å². The van der Waals surface area contributed by atoms with Crippen LogP contribution in [0.3, 0.4) is 0 Å². The molecule has 2 nitrogen and oxygen atoms in total. The van der Waals surface area contributed by atoms with Crippen LogP contribution in [-0.4, -0.2) is 9.46 Å². The maximum absolute atomic E-state index is 12.8. The van der Waals surface area contributed by atoms with Crippen LogP contribution in [0.2, 0.25) is 0 Å². The van der Waals surface area contributed by atoms with E-state index in [0.717, 1.165) is 12.1 Å². The van der Waals surface area contributed by atoms with E-state index in [1.807, 2.05) is 0 Å². The molecule has 112 valence electrons. The van der Waals surface area contributed by atoms with Crippen molar-refractivity contribution in [1.82, 2.24) is 0 Å². The Morgan fingerprint density at radius 3 is 2.45 bits per heavy atom. The normalized spacial score (nSPS) is 16.5. The average Bonchev–Trinajstić information content (AvgIpc) is 2.33. The van der Waals surface area contributed by atoms with Crippen molar-refractivity contribution in [3.05, 3.63) is 47.5 Å². The van der Waals surface area contributed by atoms with Crippen LogP contribution < -0.4 is 5.14 Å². The molecule has 0 radical (unpaired) electrons. The van der Waals surface area contributed by atoms with Crippen LogP contribution in [0.5, 0.6) is 0 Å². The Bertz CT molecular complexity index is 514. The molecule has 2 unspecified atom stereocenters. The van der Waals surface area contributed by atoms with E-state index < -0.39 is 22.7 Å². The van der Waals surface area contributed by atoms with Gasteiger partial charge in [0, 0.05) is 11.2 Å². The lowest BCUT2D eigenvalue weighted by Gasteiger charge is -2.19. The van der Waals surface area contributed by atoms with E-state index >= 15 is 0 Å². The number of nitrogens with two attached hydrogens (primary N) is 1. The minimum atomic E-state index is -4.38. The SMILES string of the molecule is C=C[C@@H](CC(C)S(N)=O)c1cc(C)cc(C(F)(F)F)c1. The average molecular weight is 305 g/mol. The van der Waals surface area contributed by atoms with Crippen molar-refractivity contribution in [3.8, 4) is 0 Å². The molecule has 6 heteroatoms. The first-order valence-corrected chi connectivity index (χ1v) is 7.39. The third kappa shape index (κ3) is 4.45. The highest BCUT2D eigenvalue weighted by Crippen LogP contribution is 2.33. The molecular formula is C14H18F3NOS. The minimum absolute atomic E-state index is 0.307. The van der Waals surface area contributed by atoms with Crippen LogP contribution in [-0.2, 0) is 17.2 Å². The van der Waals surface area contributed by atoms with E-state index in [0.29, 0.717) is 17.5 Å². The van der Waals surface area contributed by atoms with Gasteiger partial charge in [-0.1, -0.05) is 17.7 Å². The summed E-state index contributed by atoms with van der Waals surface area (Å²) in [6.45, 7) is 6.97. The molecule has 0 fully saturated rings. The first-order valence-electron chi connectivity index (χ1n) is 6.11. The predicted molar refractivity (Wildman–Crippen MR) is 75.5 cm³/mol. The lowest BCUT2D eigenvalue weighted by molar-refractivity contribution is -0.137. The Balaban J connectivity index is 3.13. The summed E-state index contributed by atoms with van der Waals surface area (Å²) in [4.78, 5) is 0. The number of hydrogen-bond donors (Lipinski definition) is 1. The Morgan fingerprint density at radius 1 is 1.40 bits per heavy atom. The Labute approximate surface area is 119 Å². The van der Waals surface area contributed by atoms with Crippen LogP contribution in [0.4, 0.5) is 13.2 Å². The van der Waals surface area contributed by atoms with E-state index in [2.05, 4.69) is 6.58 Å². The summed E-state index contributed by atoms with van der Waals surface area (Å²) in [6, 6.07) is 3.91. The van der Waals surface area contributed by atoms with Gasteiger partial charge in [-0.15, -0.1) is 6.58 Å². The lowest BCUT2D eigenvalue weighted by Crippen LogP contribution is -2.20. The number of aryl methyl sites for hydroxylation is 1. The van der Waals surface area contributed by atoms with Gasteiger partial charge in [0.15, 0.2) is 0 Å². The molecule has 0 aliphatic rings. The molecule has 0 bridgehead atoms. The van der Waals surface area contributed by atoms with Gasteiger partial charge in [-0.25, -0.2) is 4.21 Å². The van der Waals surface area contributed by atoms with E-state index in [9.17, 15) is 17.4 Å². The second kappa shape index (κ2) is 6.54. The van der Waals surface area contributed by atoms with Gasteiger partial charge in [0.2, 0.25) is 0 Å². The molecule has 0 saturated carbocycles. The van der Waals surface area contributed by atoms with Crippen LogP contribution in [0.15, 0.2) is 30.9 Å². The standard InChI is InChI=1S/C14H18F3NOS/c1-4-11(7-10(3)20(18)19)12-5-9(2)6-13(8-12)14(15,16)17/h4-6,8,10-11H,1,7,18H2,2-3H3/t10?,11-,20?/m0/s1. The van der Waals surface area contributed by atoms with E-state index in [4.69, 9.17) is 5.14 Å². The minimum Gasteiger partial charge on any atom is -0.252 e. The molecule has 3 atom stereocenters. The second-order valence-corrected chi connectivity index (χ2v) is 6.31. The third-order valence-electron chi connectivity index (χ3n) is 3.12. The van der Waals surface area contributed by atoms with Gasteiger partial charge in [-0.3, -0.25) is 5.14 Å². The Morgan fingerprint density at radius 2 is 2.00 bits per heavy atom. The molecule has 0 saturated heterocycles. The van der Waals surface area contributed by atoms with E-state index in [-0.39, 0.29) is 11.2 Å². The fourth-order valence-electron chi connectivity index (χ4n) is 2.01. The summed E-state index contributed by atoms with van der Waals surface area (Å²) < 4.78 is 49.6. The van der Waals surface area contributed by atoms with Gasteiger partial charge in [0.05, 0.1) is 16.5 Å². The smallest absolute Gasteiger partial charge is 0.252 e. The quantitative estimate of drug-likeness (QED) is 0.828. The number of benzene rings is 1. The summed E-state index contributed by atoms with van der Waals surface area (Å²) in [5, 5.41) is 4.99. The van der Waals surface area contributed by atoms with Crippen LogP contribution >= 0.6 is 0 Å². The van der Waals surface area contributed by atoms with Gasteiger partial charge >= 0.3 is 6.18 Å². The Kier molecular flexibility index (Phi) is 5.53. The van der Waals surface area contributed by atoms with E-state index in [1.54, 1.807) is 26.0 Å². The number of allylic oxidation sites excluding steroid dienone is 1. The molecule has 0 amide bonds. The molecule has 0 heterocycles. The van der Waals surface area contributed by atoms with Crippen LogP contribution in [0.25, 0.3) is 0 Å². The third-order valence-corrected chi connectivity index (χ3v) is 4.11. The second-order valence-electron chi connectivity index (χ2n) is 4.85. The van der Waals surface area contributed by atoms with Crippen LogP contribution in [0.1, 0.15) is 36.0 Å². The molecule has 0 aromatic heterocycles. The number of rotatable bonds is 5. The summed E-state index contributed by atoms with van der Waals surface area (Å²) >= 11 is 0. The summed E-state index contributed by atoms with van der Waals surface area (Å²) in [6.07, 6.45) is -2.42. The van der Waals surface area contributed by atoms with Crippen molar-refractivity contribution in [2.24, 2.45) is 5.14 Å². The lowest BCUT2D eigenvalue weighted by atomic mass is 9.91. The first-order chi connectivity index (χ1) is 9.15. The van der Waals surface area contributed by atoms with Crippen molar-refractivity contribution in [2.45, 2.75) is 37.6 Å². The molecule has 0 aliphatic carbocycles. The number of hydrogen-bond acceptors (Lipinski definition) is 1. The van der Waals surface area contributed by atoms with Gasteiger partial charge in [0.1, 0.15) is 0 Å². The van der Waals surface area contributed by atoms with E-state index in [1.165, 1.54) is 0 Å². The summed E-state index contributed by atoms with van der Waals surface area (Å²) in [5.74, 6) is -0.307. The number of alkyl halides is 3. The Hall–Kier alpha value is -1.14. The zero-order valence-electron chi connectivity index (χ0n) is 11.4. The molecular weight excluding hydrogens is 287 g/mol. The maximum atomic E-state index is 12.8. The summed E-state index contributed by atoms with van der Waals surface area (Å²) in [7, 11) is -1.50. The fraction of sp³-hybridized carbons (Fsp3) is 0.429. The molecule has 1 rings (SSSR count). The highest BCUT2D eigenvalue weighted by Gasteiger charge is 2.31. The van der Waals surface area contributed by atoms with Crippen molar-refractivity contribution < 1.29 is 17.4 Å². The highest BCUT2D eigenvalue weighted by molar-refractivity contribution is 7.83. The number of halogens is 3. The molecule has 1 aromatic carbocycles. The molecule has 20 heavy (non-hydrogen) atoms. The highest BCUT2D eigenvalue weighted by atomic mass is 32.2. The zero-order valence-corrected chi connectivity index (χ0v) is 12.2. The maximum Gasteiger partial charge on any atom is 0.416 e. The van der Waals surface area contributed by atoms with Gasteiger partial charge in [0.25, 0.3) is 0 Å². The monoisotopic (exact) mass is 305 g/mol.